The number of nitrogens with zero attached hydrogens (tertiary/aromatic N) is 3. The van der Waals surface area contributed by atoms with Crippen LogP contribution in [0, 0.1) is 11.8 Å². The summed E-state index contributed by atoms with van der Waals surface area (Å²) in [5.41, 5.74) is -0.971. The molecule has 0 saturated carbocycles. The number of piperidine rings is 1. The molecule has 2 aromatic heterocycles. The molecule has 0 unspecified atom stereocenters. The maximum Gasteiger partial charge on any atom is 0.407 e. The average molecular weight is 414 g/mol. The van der Waals surface area contributed by atoms with Crippen LogP contribution in [0.15, 0.2) is 24.5 Å². The van der Waals surface area contributed by atoms with Crippen molar-refractivity contribution in [1.29, 1.82) is 0 Å². The van der Waals surface area contributed by atoms with Crippen molar-refractivity contribution in [3.05, 3.63) is 41.9 Å². The Morgan fingerprint density at radius 1 is 1.29 bits per heavy atom. The second-order valence-electron chi connectivity index (χ2n) is 6.25. The van der Waals surface area contributed by atoms with Gasteiger partial charge in [-0.1, -0.05) is 6.42 Å². The Morgan fingerprint density at radius 2 is 2.00 bits per heavy atom. The normalized spacial score (nSPS) is 15.4. The molecule has 1 aliphatic rings. The Labute approximate surface area is 161 Å². The van der Waals surface area contributed by atoms with Crippen LogP contribution in [0.2, 0.25) is 0 Å². The molecule has 152 valence electrons. The number of halogens is 2. The van der Waals surface area contributed by atoms with E-state index >= 15 is 4.39 Å². The zero-order valence-corrected chi connectivity index (χ0v) is 16.0. The van der Waals surface area contributed by atoms with Crippen LogP contribution >= 0.6 is 0 Å². The molecule has 8 nitrogen and oxygen atoms in total. The molecule has 1 saturated heterocycles. The van der Waals surface area contributed by atoms with Crippen LogP contribution in [-0.2, 0) is 21.6 Å². The third kappa shape index (κ3) is 3.85. The zero-order chi connectivity index (χ0) is 20.3. The number of carbonyl (C=O) groups excluding carboxylic acids is 1. The Hall–Kier alpha value is -2.53. The third-order valence-corrected chi connectivity index (χ3v) is 6.25. The van der Waals surface area contributed by atoms with E-state index in [0.717, 1.165) is 12.6 Å². The minimum atomic E-state index is -4.14. The minimum absolute atomic E-state index is 0.192. The number of nitrogens with one attached hydrogen (secondary N) is 1. The number of pyridine rings is 1. The summed E-state index contributed by atoms with van der Waals surface area (Å²) in [5, 5.41) is 2.21. The highest BCUT2D eigenvalue weighted by atomic mass is 32.2. The van der Waals surface area contributed by atoms with Gasteiger partial charge in [-0.05, 0) is 25.0 Å². The van der Waals surface area contributed by atoms with Gasteiger partial charge in [0.05, 0.1) is 5.56 Å². The number of rotatable bonds is 5. The van der Waals surface area contributed by atoms with Crippen LogP contribution in [0.25, 0.3) is 11.3 Å². The van der Waals surface area contributed by atoms with Crippen LogP contribution in [0.5, 0.6) is 0 Å². The lowest BCUT2D eigenvalue weighted by Gasteiger charge is -2.26. The number of carbonyl (C=O) groups is 1. The molecule has 11 heteroatoms. The molecule has 2 aromatic rings. The van der Waals surface area contributed by atoms with Crippen molar-refractivity contribution >= 4 is 16.3 Å². The van der Waals surface area contributed by atoms with Crippen molar-refractivity contribution in [3.63, 3.8) is 0 Å². The van der Waals surface area contributed by atoms with Gasteiger partial charge in [0.1, 0.15) is 12.3 Å². The van der Waals surface area contributed by atoms with Crippen LogP contribution in [-0.4, -0.2) is 47.9 Å². The quantitative estimate of drug-likeness (QED) is 0.758. The standard InChI is InChI=1S/C17H20F2N4O4S/c1-20-17(24)27-11-12-10-23(28(25,26)22-8-3-2-4-9-22)15(14(12)18)13-6-5-7-21-16(13)19/h5-7,10H,2-4,8-9,11H2,1H3,(H,20,24). The van der Waals surface area contributed by atoms with Crippen LogP contribution in [0.4, 0.5) is 13.6 Å². The molecule has 0 radical (unpaired) electrons. The molecule has 1 amide bonds. The fourth-order valence-corrected chi connectivity index (χ4v) is 4.67. The molecule has 28 heavy (non-hydrogen) atoms. The van der Waals surface area contributed by atoms with E-state index in [2.05, 4.69) is 10.3 Å². The topological polar surface area (TPSA) is 93.5 Å². The Balaban J connectivity index is 2.11. The Bertz CT molecular complexity index is 972. The highest BCUT2D eigenvalue weighted by Crippen LogP contribution is 2.31. The lowest BCUT2D eigenvalue weighted by molar-refractivity contribution is 0.141. The fourth-order valence-electron chi connectivity index (χ4n) is 3.03. The predicted molar refractivity (Wildman–Crippen MR) is 96.6 cm³/mol. The number of alkyl carbamates (subject to hydrolysis) is 1. The van der Waals surface area contributed by atoms with Gasteiger partial charge in [-0.25, -0.2) is 18.1 Å². The largest absolute Gasteiger partial charge is 0.445 e. The molecular formula is C17H20F2N4O4S. The highest BCUT2D eigenvalue weighted by molar-refractivity contribution is 7.87. The second-order valence-corrected chi connectivity index (χ2v) is 8.05. The summed E-state index contributed by atoms with van der Waals surface area (Å²) in [5.74, 6) is -2.00. The maximum absolute atomic E-state index is 15.1. The number of hydrogen-bond donors (Lipinski definition) is 1. The smallest absolute Gasteiger partial charge is 0.407 e. The molecule has 1 fully saturated rings. The highest BCUT2D eigenvalue weighted by Gasteiger charge is 2.32. The summed E-state index contributed by atoms with van der Waals surface area (Å²) in [6.45, 7) is 0.0746. The Kier molecular flexibility index (Phi) is 5.94. The van der Waals surface area contributed by atoms with Crippen molar-refractivity contribution < 1.29 is 26.7 Å². The molecule has 0 atom stereocenters. The molecule has 0 bridgehead atoms. The first-order chi connectivity index (χ1) is 13.4. The van der Waals surface area contributed by atoms with Gasteiger partial charge in [0.2, 0.25) is 5.95 Å². The van der Waals surface area contributed by atoms with Gasteiger partial charge in [-0.3, -0.25) is 0 Å². The number of ether oxygens (including phenoxy) is 1. The van der Waals surface area contributed by atoms with E-state index in [9.17, 15) is 17.6 Å². The van der Waals surface area contributed by atoms with Crippen molar-refractivity contribution in [2.45, 2.75) is 25.9 Å². The molecule has 1 N–H and O–H groups in total. The van der Waals surface area contributed by atoms with E-state index < -0.39 is 40.4 Å². The molecule has 3 rings (SSSR count). The third-order valence-electron chi connectivity index (χ3n) is 4.45. The SMILES string of the molecule is CNC(=O)OCc1cn(S(=O)(=O)N2CCCCC2)c(-c2cccnc2F)c1F. The van der Waals surface area contributed by atoms with Crippen molar-refractivity contribution in [2.75, 3.05) is 20.1 Å². The van der Waals surface area contributed by atoms with Gasteiger partial charge in [0.15, 0.2) is 5.82 Å². The summed E-state index contributed by atoms with van der Waals surface area (Å²) in [4.78, 5) is 14.8. The minimum Gasteiger partial charge on any atom is -0.445 e. The van der Waals surface area contributed by atoms with Gasteiger partial charge in [0, 0.05) is 38.1 Å². The molecule has 0 spiro atoms. The zero-order valence-electron chi connectivity index (χ0n) is 15.2. The lowest BCUT2D eigenvalue weighted by Crippen LogP contribution is -2.39. The fraction of sp³-hybridized carbons (Fsp3) is 0.412. The first kappa shape index (κ1) is 20.2. The van der Waals surface area contributed by atoms with E-state index in [4.69, 9.17) is 4.74 Å². The van der Waals surface area contributed by atoms with Gasteiger partial charge in [-0.15, -0.1) is 0 Å². The lowest BCUT2D eigenvalue weighted by atomic mass is 10.2. The summed E-state index contributed by atoms with van der Waals surface area (Å²) in [6, 6.07) is 2.62. The Morgan fingerprint density at radius 3 is 2.64 bits per heavy atom. The predicted octanol–water partition coefficient (Wildman–Crippen LogP) is 2.26. The van der Waals surface area contributed by atoms with Gasteiger partial charge >= 0.3 is 16.3 Å². The van der Waals surface area contributed by atoms with Crippen LogP contribution in [0.3, 0.4) is 0 Å². The average Bonchev–Trinajstić information content (AvgIpc) is 3.04. The molecular weight excluding hydrogens is 394 g/mol. The van der Waals surface area contributed by atoms with E-state index in [0.29, 0.717) is 29.9 Å². The summed E-state index contributed by atoms with van der Waals surface area (Å²) in [6.07, 6.45) is 3.67. The van der Waals surface area contributed by atoms with E-state index in [1.165, 1.54) is 29.7 Å². The van der Waals surface area contributed by atoms with Gasteiger partial charge in [0.25, 0.3) is 0 Å². The molecule has 3 heterocycles. The number of hydrogen-bond acceptors (Lipinski definition) is 5. The van der Waals surface area contributed by atoms with Crippen molar-refractivity contribution in [1.82, 2.24) is 18.6 Å². The molecule has 0 aliphatic carbocycles. The summed E-state index contributed by atoms with van der Waals surface area (Å²) in [7, 11) is -2.81. The van der Waals surface area contributed by atoms with Crippen LogP contribution < -0.4 is 5.32 Å². The van der Waals surface area contributed by atoms with Gasteiger partial charge in [-0.2, -0.15) is 17.1 Å². The van der Waals surface area contributed by atoms with Crippen molar-refractivity contribution in [2.24, 2.45) is 0 Å². The van der Waals surface area contributed by atoms with E-state index in [-0.39, 0.29) is 11.1 Å². The number of aromatic nitrogens is 2. The first-order valence-electron chi connectivity index (χ1n) is 8.72. The number of amides is 1. The van der Waals surface area contributed by atoms with E-state index in [1.807, 2.05) is 0 Å². The second kappa shape index (κ2) is 8.23. The molecule has 1 aliphatic heterocycles. The summed E-state index contributed by atoms with van der Waals surface area (Å²) >= 11 is 0. The van der Waals surface area contributed by atoms with Gasteiger partial charge < -0.3 is 10.1 Å². The maximum atomic E-state index is 15.1. The van der Waals surface area contributed by atoms with Crippen LogP contribution in [0.1, 0.15) is 24.8 Å². The van der Waals surface area contributed by atoms with Crippen molar-refractivity contribution in [3.8, 4) is 11.3 Å². The van der Waals surface area contributed by atoms with E-state index in [1.54, 1.807) is 0 Å². The molecule has 0 aromatic carbocycles. The first-order valence-corrected chi connectivity index (χ1v) is 10.1. The summed E-state index contributed by atoms with van der Waals surface area (Å²) < 4.78 is 62.3. The monoisotopic (exact) mass is 414 g/mol.